The molecule has 1 heterocycles. The SMILES string of the molecule is COc1cccc2nnc(C(=O)O)nc12. The summed E-state index contributed by atoms with van der Waals surface area (Å²) in [6.45, 7) is 0. The summed E-state index contributed by atoms with van der Waals surface area (Å²) in [5.41, 5.74) is 0.895. The average molecular weight is 205 g/mol. The van der Waals surface area contributed by atoms with Gasteiger partial charge in [0.15, 0.2) is 0 Å². The molecule has 0 unspecified atom stereocenters. The molecule has 1 aromatic heterocycles. The number of hydrogen-bond donors (Lipinski definition) is 1. The fourth-order valence-corrected chi connectivity index (χ4v) is 1.19. The number of fused-ring (bicyclic) bond motifs is 1. The Bertz CT molecular complexity index is 527. The summed E-state index contributed by atoms with van der Waals surface area (Å²) in [5.74, 6) is -1.08. The molecule has 0 saturated heterocycles. The first-order valence-corrected chi connectivity index (χ1v) is 4.13. The van der Waals surface area contributed by atoms with Gasteiger partial charge in [-0.2, -0.15) is 0 Å². The van der Waals surface area contributed by atoms with E-state index in [4.69, 9.17) is 9.84 Å². The summed E-state index contributed by atoms with van der Waals surface area (Å²) in [6.07, 6.45) is 0. The van der Waals surface area contributed by atoms with Gasteiger partial charge in [-0.3, -0.25) is 0 Å². The maximum absolute atomic E-state index is 10.6. The number of aromatic carboxylic acids is 1. The van der Waals surface area contributed by atoms with Gasteiger partial charge in [-0.25, -0.2) is 9.78 Å². The molecule has 0 aliphatic rings. The third-order valence-electron chi connectivity index (χ3n) is 1.86. The highest BCUT2D eigenvalue weighted by Crippen LogP contribution is 2.20. The van der Waals surface area contributed by atoms with Gasteiger partial charge in [-0.05, 0) is 12.1 Å². The van der Waals surface area contributed by atoms with Crippen molar-refractivity contribution in [3.05, 3.63) is 24.0 Å². The summed E-state index contributed by atoms with van der Waals surface area (Å²) in [4.78, 5) is 14.5. The Labute approximate surface area is 84.5 Å². The first-order valence-electron chi connectivity index (χ1n) is 4.13. The van der Waals surface area contributed by atoms with Gasteiger partial charge in [0.2, 0.25) is 0 Å². The number of rotatable bonds is 2. The quantitative estimate of drug-likeness (QED) is 0.777. The number of ether oxygens (including phenoxy) is 1. The lowest BCUT2D eigenvalue weighted by Crippen LogP contribution is -2.06. The van der Waals surface area contributed by atoms with Crippen LogP contribution >= 0.6 is 0 Å². The number of carboxylic acid groups (broad SMARTS) is 1. The van der Waals surface area contributed by atoms with Crippen molar-refractivity contribution in [3.8, 4) is 5.75 Å². The topological polar surface area (TPSA) is 85.2 Å². The van der Waals surface area contributed by atoms with Gasteiger partial charge < -0.3 is 9.84 Å². The molecule has 15 heavy (non-hydrogen) atoms. The van der Waals surface area contributed by atoms with E-state index in [1.807, 2.05) is 0 Å². The Kier molecular flexibility index (Phi) is 2.17. The van der Waals surface area contributed by atoms with Gasteiger partial charge in [0.25, 0.3) is 5.82 Å². The number of benzene rings is 1. The first-order chi connectivity index (χ1) is 7.22. The summed E-state index contributed by atoms with van der Waals surface area (Å²) in [6, 6.07) is 5.10. The van der Waals surface area contributed by atoms with E-state index in [9.17, 15) is 4.79 Å². The van der Waals surface area contributed by atoms with Crippen LogP contribution in [0.4, 0.5) is 0 Å². The van der Waals surface area contributed by atoms with Crippen molar-refractivity contribution in [1.82, 2.24) is 15.2 Å². The second-order valence-corrected chi connectivity index (χ2v) is 2.77. The van der Waals surface area contributed by atoms with Crippen LogP contribution in [-0.4, -0.2) is 33.4 Å². The van der Waals surface area contributed by atoms with E-state index < -0.39 is 5.97 Å². The molecule has 1 aromatic carbocycles. The van der Waals surface area contributed by atoms with Gasteiger partial charge in [-0.15, -0.1) is 10.2 Å². The van der Waals surface area contributed by atoms with E-state index in [0.29, 0.717) is 16.8 Å². The van der Waals surface area contributed by atoms with Crippen LogP contribution in [0.3, 0.4) is 0 Å². The lowest BCUT2D eigenvalue weighted by atomic mass is 10.3. The van der Waals surface area contributed by atoms with E-state index in [0.717, 1.165) is 0 Å². The molecule has 2 rings (SSSR count). The van der Waals surface area contributed by atoms with Crippen LogP contribution in [0, 0.1) is 0 Å². The smallest absolute Gasteiger partial charge is 0.375 e. The average Bonchev–Trinajstić information content (AvgIpc) is 2.27. The molecule has 0 amide bonds. The van der Waals surface area contributed by atoms with Crippen LogP contribution in [0.25, 0.3) is 11.0 Å². The molecule has 0 radical (unpaired) electrons. The molecule has 0 bridgehead atoms. The van der Waals surface area contributed by atoms with Gasteiger partial charge in [0.05, 0.1) is 7.11 Å². The molecule has 0 aliphatic carbocycles. The highest BCUT2D eigenvalue weighted by atomic mass is 16.5. The predicted octanol–water partition coefficient (Wildman–Crippen LogP) is 0.732. The van der Waals surface area contributed by atoms with Crippen molar-refractivity contribution in [2.75, 3.05) is 7.11 Å². The number of aromatic nitrogens is 3. The molecule has 2 aromatic rings. The molecule has 0 saturated carbocycles. The molecule has 6 nitrogen and oxygen atoms in total. The van der Waals surface area contributed by atoms with Crippen LogP contribution in [0.1, 0.15) is 10.6 Å². The maximum Gasteiger partial charge on any atom is 0.375 e. The van der Waals surface area contributed by atoms with Crippen molar-refractivity contribution in [2.24, 2.45) is 0 Å². The standard InChI is InChI=1S/C9H7N3O3/c1-15-6-4-2-3-5-7(6)10-8(9(13)14)12-11-5/h2-4H,1H3,(H,13,14). The van der Waals surface area contributed by atoms with E-state index in [-0.39, 0.29) is 5.82 Å². The molecular weight excluding hydrogens is 198 g/mol. The first kappa shape index (κ1) is 9.32. The Morgan fingerprint density at radius 1 is 1.40 bits per heavy atom. The van der Waals surface area contributed by atoms with Crippen molar-refractivity contribution < 1.29 is 14.6 Å². The number of para-hydroxylation sites is 1. The number of methoxy groups -OCH3 is 1. The summed E-state index contributed by atoms with van der Waals surface area (Å²) in [5, 5.41) is 15.9. The molecular formula is C9H7N3O3. The van der Waals surface area contributed by atoms with Crippen molar-refractivity contribution in [2.45, 2.75) is 0 Å². The largest absolute Gasteiger partial charge is 0.494 e. The zero-order chi connectivity index (χ0) is 10.8. The fraction of sp³-hybridized carbons (Fsp3) is 0.111. The zero-order valence-electron chi connectivity index (χ0n) is 7.84. The summed E-state index contributed by atoms with van der Waals surface area (Å²) >= 11 is 0. The minimum Gasteiger partial charge on any atom is -0.494 e. The van der Waals surface area contributed by atoms with Crippen LogP contribution < -0.4 is 4.74 Å². The number of carboxylic acids is 1. The van der Waals surface area contributed by atoms with Crippen molar-refractivity contribution in [3.63, 3.8) is 0 Å². The van der Waals surface area contributed by atoms with E-state index in [2.05, 4.69) is 15.2 Å². The molecule has 0 atom stereocenters. The second kappa shape index (κ2) is 3.49. The van der Waals surface area contributed by atoms with Crippen LogP contribution in [-0.2, 0) is 0 Å². The Hall–Kier alpha value is -2.24. The third kappa shape index (κ3) is 1.56. The number of hydrogen-bond acceptors (Lipinski definition) is 5. The molecule has 0 spiro atoms. The van der Waals surface area contributed by atoms with Crippen LogP contribution in [0.5, 0.6) is 5.75 Å². The predicted molar refractivity (Wildman–Crippen MR) is 50.8 cm³/mol. The molecule has 6 heteroatoms. The molecule has 0 fully saturated rings. The van der Waals surface area contributed by atoms with Crippen molar-refractivity contribution >= 4 is 17.0 Å². The normalized spacial score (nSPS) is 10.2. The monoisotopic (exact) mass is 205 g/mol. The molecule has 0 aliphatic heterocycles. The maximum atomic E-state index is 10.6. The van der Waals surface area contributed by atoms with Gasteiger partial charge >= 0.3 is 5.97 Å². The van der Waals surface area contributed by atoms with E-state index in [1.54, 1.807) is 18.2 Å². The summed E-state index contributed by atoms with van der Waals surface area (Å²) < 4.78 is 5.04. The van der Waals surface area contributed by atoms with Gasteiger partial charge in [0.1, 0.15) is 16.8 Å². The molecule has 76 valence electrons. The Morgan fingerprint density at radius 2 is 2.20 bits per heavy atom. The van der Waals surface area contributed by atoms with Crippen LogP contribution in [0.15, 0.2) is 18.2 Å². The van der Waals surface area contributed by atoms with Crippen molar-refractivity contribution in [1.29, 1.82) is 0 Å². The van der Waals surface area contributed by atoms with E-state index >= 15 is 0 Å². The third-order valence-corrected chi connectivity index (χ3v) is 1.86. The lowest BCUT2D eigenvalue weighted by Gasteiger charge is -2.02. The van der Waals surface area contributed by atoms with E-state index in [1.165, 1.54) is 7.11 Å². The fourth-order valence-electron chi connectivity index (χ4n) is 1.19. The highest BCUT2D eigenvalue weighted by molar-refractivity contribution is 5.87. The Morgan fingerprint density at radius 3 is 2.87 bits per heavy atom. The Balaban J connectivity index is 2.72. The van der Waals surface area contributed by atoms with Gasteiger partial charge in [0, 0.05) is 0 Å². The highest BCUT2D eigenvalue weighted by Gasteiger charge is 2.11. The minimum atomic E-state index is -1.21. The number of carbonyl (C=O) groups is 1. The van der Waals surface area contributed by atoms with Crippen LogP contribution in [0.2, 0.25) is 0 Å². The van der Waals surface area contributed by atoms with Gasteiger partial charge in [-0.1, -0.05) is 6.07 Å². The minimum absolute atomic E-state index is 0.341. The number of nitrogens with zero attached hydrogens (tertiary/aromatic N) is 3. The molecule has 1 N–H and O–H groups in total. The summed E-state index contributed by atoms with van der Waals surface area (Å²) in [7, 11) is 1.48. The lowest BCUT2D eigenvalue weighted by molar-refractivity contribution is 0.0682. The second-order valence-electron chi connectivity index (χ2n) is 2.77. The zero-order valence-corrected chi connectivity index (χ0v) is 7.84.